The van der Waals surface area contributed by atoms with E-state index in [4.69, 9.17) is 5.11 Å². The normalized spacial score (nSPS) is 12.0. The van der Waals surface area contributed by atoms with Crippen molar-refractivity contribution in [3.05, 3.63) is 0 Å². The zero-order chi connectivity index (χ0) is 14.8. The quantitative estimate of drug-likeness (QED) is 0.556. The van der Waals surface area contributed by atoms with Gasteiger partial charge in [0, 0.05) is 25.4 Å². The van der Waals surface area contributed by atoms with E-state index in [0.29, 0.717) is 19.4 Å². The van der Waals surface area contributed by atoms with E-state index in [9.17, 15) is 14.4 Å². The fourth-order valence-corrected chi connectivity index (χ4v) is 1.60. The number of carbonyl (C=O) groups is 3. The van der Waals surface area contributed by atoms with Gasteiger partial charge in [-0.1, -0.05) is 0 Å². The number of hydrogen-bond acceptors (Lipinski definition) is 4. The van der Waals surface area contributed by atoms with Gasteiger partial charge in [0.05, 0.1) is 0 Å². The van der Waals surface area contributed by atoms with Gasteiger partial charge in [-0.2, -0.15) is 0 Å². The summed E-state index contributed by atoms with van der Waals surface area (Å²) < 4.78 is 0. The molecule has 0 saturated carbocycles. The average Bonchev–Trinajstić information content (AvgIpc) is 2.22. The van der Waals surface area contributed by atoms with Gasteiger partial charge in [0.1, 0.15) is 0 Å². The second-order valence-corrected chi connectivity index (χ2v) is 4.79. The van der Waals surface area contributed by atoms with Gasteiger partial charge in [-0.3, -0.25) is 14.9 Å². The fourth-order valence-electron chi connectivity index (χ4n) is 1.60. The van der Waals surface area contributed by atoms with Gasteiger partial charge in [0.15, 0.2) is 0 Å². The van der Waals surface area contributed by atoms with Crippen molar-refractivity contribution in [2.75, 3.05) is 20.6 Å². The van der Waals surface area contributed by atoms with Gasteiger partial charge in [0.25, 0.3) is 0 Å². The summed E-state index contributed by atoms with van der Waals surface area (Å²) in [6.45, 7) is 2.52. The summed E-state index contributed by atoms with van der Waals surface area (Å²) in [5.41, 5.74) is 0. The summed E-state index contributed by atoms with van der Waals surface area (Å²) in [5.74, 6) is -1.27. The van der Waals surface area contributed by atoms with Crippen LogP contribution in [-0.4, -0.2) is 54.6 Å². The van der Waals surface area contributed by atoms with Crippen molar-refractivity contribution in [3.8, 4) is 0 Å². The van der Waals surface area contributed by atoms with Crippen LogP contribution >= 0.6 is 0 Å². The van der Waals surface area contributed by atoms with Crippen LogP contribution in [0.15, 0.2) is 0 Å². The summed E-state index contributed by atoms with van der Waals surface area (Å²) in [7, 11) is 3.79. The lowest BCUT2D eigenvalue weighted by atomic mass is 10.2. The predicted molar refractivity (Wildman–Crippen MR) is 70.8 cm³/mol. The van der Waals surface area contributed by atoms with E-state index in [0.717, 1.165) is 0 Å². The van der Waals surface area contributed by atoms with E-state index in [1.54, 1.807) is 0 Å². The maximum Gasteiger partial charge on any atom is 0.321 e. The minimum absolute atomic E-state index is 0.0410. The highest BCUT2D eigenvalue weighted by atomic mass is 16.4. The van der Waals surface area contributed by atoms with E-state index >= 15 is 0 Å². The van der Waals surface area contributed by atoms with Crippen LogP contribution in [0.2, 0.25) is 0 Å². The van der Waals surface area contributed by atoms with Crippen LogP contribution in [0.25, 0.3) is 0 Å². The Morgan fingerprint density at radius 1 is 1.16 bits per heavy atom. The number of aliphatic carboxylic acids is 1. The summed E-state index contributed by atoms with van der Waals surface area (Å²) in [5, 5.41) is 13.3. The number of unbranched alkanes of at least 4 members (excludes halogenated alkanes) is 1. The molecule has 0 spiro atoms. The molecule has 1 unspecified atom stereocenters. The third kappa shape index (κ3) is 11.2. The lowest BCUT2D eigenvalue weighted by molar-refractivity contribution is -0.137. The summed E-state index contributed by atoms with van der Waals surface area (Å²) in [6, 6.07) is -0.576. The number of nitrogens with zero attached hydrogens (tertiary/aromatic N) is 1. The molecule has 0 rings (SSSR count). The molecular formula is C12H23N3O4. The zero-order valence-corrected chi connectivity index (χ0v) is 11.7. The van der Waals surface area contributed by atoms with Gasteiger partial charge < -0.3 is 15.3 Å². The van der Waals surface area contributed by atoms with Gasteiger partial charge in [0.2, 0.25) is 5.91 Å². The second-order valence-electron chi connectivity index (χ2n) is 4.79. The summed E-state index contributed by atoms with van der Waals surface area (Å²) in [6.07, 6.45) is 1.09. The Balaban J connectivity index is 3.74. The monoisotopic (exact) mass is 273 g/mol. The van der Waals surface area contributed by atoms with Crippen LogP contribution in [0.1, 0.15) is 32.6 Å². The Labute approximate surface area is 113 Å². The lowest BCUT2D eigenvalue weighted by Gasteiger charge is -2.18. The molecule has 0 aromatic heterocycles. The summed E-state index contributed by atoms with van der Waals surface area (Å²) >= 11 is 0. The molecular weight excluding hydrogens is 250 g/mol. The molecule has 0 heterocycles. The van der Waals surface area contributed by atoms with Crippen molar-refractivity contribution in [1.82, 2.24) is 15.5 Å². The first kappa shape index (κ1) is 17.4. The van der Waals surface area contributed by atoms with Crippen LogP contribution in [0.3, 0.4) is 0 Å². The highest BCUT2D eigenvalue weighted by Crippen LogP contribution is 1.99. The van der Waals surface area contributed by atoms with Crippen LogP contribution in [0.5, 0.6) is 0 Å². The molecule has 3 N–H and O–H groups in total. The number of hydrogen-bond donors (Lipinski definition) is 3. The Bertz CT molecular complexity index is 318. The number of carboxylic acid groups (broad SMARTS) is 1. The molecule has 7 heteroatoms. The first-order valence-electron chi connectivity index (χ1n) is 6.28. The minimum atomic E-state index is -0.879. The van der Waals surface area contributed by atoms with E-state index in [2.05, 4.69) is 10.6 Å². The molecule has 3 amide bonds. The molecule has 0 radical (unpaired) electrons. The molecule has 0 bridgehead atoms. The number of nitrogens with one attached hydrogen (secondary N) is 2. The number of imide groups is 1. The third-order valence-electron chi connectivity index (χ3n) is 2.31. The predicted octanol–water partition coefficient (Wildman–Crippen LogP) is 0.407. The van der Waals surface area contributed by atoms with Crippen molar-refractivity contribution in [3.63, 3.8) is 0 Å². The number of carboxylic acids is 1. The first-order chi connectivity index (χ1) is 8.81. The van der Waals surface area contributed by atoms with Crippen molar-refractivity contribution >= 4 is 17.9 Å². The Morgan fingerprint density at radius 3 is 2.26 bits per heavy atom. The zero-order valence-electron chi connectivity index (χ0n) is 11.7. The number of likely N-dealkylation sites (N-methyl/N-ethyl adjacent to an activating group) is 1. The molecule has 0 aliphatic carbocycles. The number of urea groups is 1. The van der Waals surface area contributed by atoms with Crippen molar-refractivity contribution in [1.29, 1.82) is 0 Å². The smallest absolute Gasteiger partial charge is 0.321 e. The molecule has 7 nitrogen and oxygen atoms in total. The molecule has 0 aromatic carbocycles. The Kier molecular flexibility index (Phi) is 8.52. The number of rotatable bonds is 8. The van der Waals surface area contributed by atoms with E-state index in [1.807, 2.05) is 25.9 Å². The highest BCUT2D eigenvalue weighted by Gasteiger charge is 2.11. The maximum absolute atomic E-state index is 11.4. The fraction of sp³-hybridized carbons (Fsp3) is 0.750. The van der Waals surface area contributed by atoms with E-state index in [-0.39, 0.29) is 24.8 Å². The largest absolute Gasteiger partial charge is 0.481 e. The van der Waals surface area contributed by atoms with Gasteiger partial charge in [-0.15, -0.1) is 0 Å². The molecule has 0 saturated heterocycles. The number of amides is 3. The Morgan fingerprint density at radius 2 is 1.74 bits per heavy atom. The van der Waals surface area contributed by atoms with Crippen LogP contribution in [0.4, 0.5) is 4.79 Å². The van der Waals surface area contributed by atoms with E-state index < -0.39 is 12.0 Å². The SMILES string of the molecule is CC(CN(C)C)NC(=O)NC(=O)CCCCC(=O)O. The third-order valence-corrected chi connectivity index (χ3v) is 2.31. The van der Waals surface area contributed by atoms with Crippen LogP contribution < -0.4 is 10.6 Å². The van der Waals surface area contributed by atoms with Gasteiger partial charge in [-0.25, -0.2) is 4.79 Å². The second kappa shape index (κ2) is 9.32. The maximum atomic E-state index is 11.4. The van der Waals surface area contributed by atoms with E-state index in [1.165, 1.54) is 0 Å². The Hall–Kier alpha value is -1.63. The summed E-state index contributed by atoms with van der Waals surface area (Å²) in [4.78, 5) is 35.0. The van der Waals surface area contributed by atoms with Crippen molar-refractivity contribution in [2.24, 2.45) is 0 Å². The first-order valence-corrected chi connectivity index (χ1v) is 6.28. The standard InChI is InChI=1S/C12H23N3O4/c1-9(8-15(2)3)13-12(19)14-10(16)6-4-5-7-11(17)18/h9H,4-8H2,1-3H3,(H,17,18)(H2,13,14,16,19). The molecule has 1 atom stereocenters. The molecule has 110 valence electrons. The van der Waals surface area contributed by atoms with Gasteiger partial charge >= 0.3 is 12.0 Å². The van der Waals surface area contributed by atoms with Crippen molar-refractivity contribution < 1.29 is 19.5 Å². The highest BCUT2D eigenvalue weighted by molar-refractivity contribution is 5.94. The molecule has 0 aliphatic rings. The molecule has 0 fully saturated rings. The molecule has 19 heavy (non-hydrogen) atoms. The van der Waals surface area contributed by atoms with Gasteiger partial charge in [-0.05, 0) is 33.9 Å². The molecule has 0 aromatic rings. The average molecular weight is 273 g/mol. The number of carbonyl (C=O) groups excluding carboxylic acids is 2. The minimum Gasteiger partial charge on any atom is -0.481 e. The lowest BCUT2D eigenvalue weighted by Crippen LogP contribution is -2.46. The van der Waals surface area contributed by atoms with Crippen LogP contribution in [0, 0.1) is 0 Å². The van der Waals surface area contributed by atoms with Crippen LogP contribution in [-0.2, 0) is 9.59 Å². The topological polar surface area (TPSA) is 98.7 Å². The molecule has 0 aliphatic heterocycles. The van der Waals surface area contributed by atoms with Crippen molar-refractivity contribution in [2.45, 2.75) is 38.6 Å².